The fourth-order valence-electron chi connectivity index (χ4n) is 1.45. The predicted octanol–water partition coefficient (Wildman–Crippen LogP) is 2.05. The fraction of sp³-hybridized carbons (Fsp3) is 0.455. The number of rotatable bonds is 4. The average Bonchev–Trinajstić information content (AvgIpc) is 2.30. The van der Waals surface area contributed by atoms with Gasteiger partial charge in [-0.25, -0.2) is 4.98 Å². The smallest absolute Gasteiger partial charge is 0.198 e. The molecule has 16 heavy (non-hydrogen) atoms. The molecule has 88 valence electrons. The Morgan fingerprint density at radius 2 is 2.12 bits per heavy atom. The van der Waals surface area contributed by atoms with Gasteiger partial charge < -0.3 is 10.8 Å². The number of aliphatic hydroxyl groups is 1. The van der Waals surface area contributed by atoms with Gasteiger partial charge >= 0.3 is 0 Å². The van der Waals surface area contributed by atoms with Crippen LogP contribution in [0.15, 0.2) is 12.3 Å². The van der Waals surface area contributed by atoms with E-state index in [4.69, 9.17) is 17.3 Å². The summed E-state index contributed by atoms with van der Waals surface area (Å²) in [5, 5.41) is 10.4. The predicted molar refractivity (Wildman–Crippen MR) is 63.5 cm³/mol. The van der Waals surface area contributed by atoms with Gasteiger partial charge in [-0.05, 0) is 18.9 Å². The molecule has 0 spiro atoms. The Labute approximate surface area is 99.4 Å². The molecule has 0 aromatic carbocycles. The molecule has 0 saturated carbocycles. The third kappa shape index (κ3) is 2.33. The van der Waals surface area contributed by atoms with Crippen LogP contribution in [-0.2, 0) is 0 Å². The molecule has 1 aromatic heterocycles. The number of nitrogens with two attached hydrogens (primary N) is 1. The third-order valence-electron chi connectivity index (χ3n) is 2.72. The van der Waals surface area contributed by atoms with Crippen molar-refractivity contribution in [2.75, 3.05) is 5.73 Å². The van der Waals surface area contributed by atoms with Crippen molar-refractivity contribution in [3.63, 3.8) is 0 Å². The SMILES string of the molecule is CCC(O)(CC)C(=O)c1cc(Cl)cnc1N. The third-order valence-corrected chi connectivity index (χ3v) is 2.93. The fourth-order valence-corrected chi connectivity index (χ4v) is 1.61. The summed E-state index contributed by atoms with van der Waals surface area (Å²) in [6.45, 7) is 3.49. The van der Waals surface area contributed by atoms with E-state index in [0.717, 1.165) is 0 Å². The van der Waals surface area contributed by atoms with E-state index in [9.17, 15) is 9.90 Å². The second-order valence-corrected chi connectivity index (χ2v) is 4.09. The Hall–Kier alpha value is -1.13. The molecule has 1 rings (SSSR count). The zero-order valence-corrected chi connectivity index (χ0v) is 10.1. The zero-order valence-electron chi connectivity index (χ0n) is 9.33. The molecule has 0 fully saturated rings. The van der Waals surface area contributed by atoms with Crippen LogP contribution in [0, 0.1) is 0 Å². The molecule has 1 heterocycles. The maximum absolute atomic E-state index is 12.1. The van der Waals surface area contributed by atoms with Gasteiger partial charge in [0.15, 0.2) is 5.78 Å². The number of carbonyl (C=O) groups excluding carboxylic acids is 1. The van der Waals surface area contributed by atoms with Crippen LogP contribution < -0.4 is 5.73 Å². The molecule has 0 aliphatic heterocycles. The van der Waals surface area contributed by atoms with Crippen molar-refractivity contribution >= 4 is 23.2 Å². The van der Waals surface area contributed by atoms with Gasteiger partial charge in [0.1, 0.15) is 11.4 Å². The van der Waals surface area contributed by atoms with Gasteiger partial charge in [0.05, 0.1) is 10.6 Å². The Morgan fingerprint density at radius 1 is 1.56 bits per heavy atom. The van der Waals surface area contributed by atoms with Gasteiger partial charge in [-0.15, -0.1) is 0 Å². The molecule has 1 aromatic rings. The number of anilines is 1. The van der Waals surface area contributed by atoms with Crippen LogP contribution >= 0.6 is 11.6 Å². The minimum Gasteiger partial charge on any atom is -0.383 e. The lowest BCUT2D eigenvalue weighted by Crippen LogP contribution is -2.37. The van der Waals surface area contributed by atoms with Crippen LogP contribution in [0.25, 0.3) is 0 Å². The Morgan fingerprint density at radius 3 is 2.62 bits per heavy atom. The summed E-state index contributed by atoms with van der Waals surface area (Å²) >= 11 is 5.75. The van der Waals surface area contributed by atoms with Crippen molar-refractivity contribution in [2.24, 2.45) is 0 Å². The Kier molecular flexibility index (Phi) is 3.88. The molecule has 0 atom stereocenters. The van der Waals surface area contributed by atoms with Crippen LogP contribution in [0.4, 0.5) is 5.82 Å². The van der Waals surface area contributed by atoms with E-state index in [2.05, 4.69) is 4.98 Å². The van der Waals surface area contributed by atoms with Gasteiger partial charge in [-0.2, -0.15) is 0 Å². The van der Waals surface area contributed by atoms with E-state index in [1.165, 1.54) is 12.3 Å². The molecule has 0 saturated heterocycles. The van der Waals surface area contributed by atoms with Crippen LogP contribution in [-0.4, -0.2) is 21.5 Å². The second-order valence-electron chi connectivity index (χ2n) is 3.65. The second kappa shape index (κ2) is 4.80. The molecule has 0 unspecified atom stereocenters. The molecule has 4 nitrogen and oxygen atoms in total. The molecule has 0 aliphatic carbocycles. The number of hydrogen-bond donors (Lipinski definition) is 2. The first-order valence-corrected chi connectivity index (χ1v) is 5.50. The number of carbonyl (C=O) groups is 1. The van der Waals surface area contributed by atoms with E-state index in [0.29, 0.717) is 17.9 Å². The number of halogens is 1. The van der Waals surface area contributed by atoms with E-state index in [1.54, 1.807) is 13.8 Å². The number of nitrogen functional groups attached to an aromatic ring is 1. The molecule has 0 amide bonds. The molecular formula is C11H15ClN2O2. The maximum Gasteiger partial charge on any atom is 0.198 e. The number of hydrogen-bond acceptors (Lipinski definition) is 4. The van der Waals surface area contributed by atoms with E-state index < -0.39 is 11.4 Å². The molecule has 0 radical (unpaired) electrons. The van der Waals surface area contributed by atoms with Crippen molar-refractivity contribution in [1.82, 2.24) is 4.98 Å². The van der Waals surface area contributed by atoms with Crippen LogP contribution in [0.5, 0.6) is 0 Å². The summed E-state index contributed by atoms with van der Waals surface area (Å²) in [6, 6.07) is 1.43. The standard InChI is InChI=1S/C11H15ClN2O2/c1-3-11(16,4-2)9(15)8-5-7(12)6-14-10(8)13/h5-6,16H,3-4H2,1-2H3,(H2,13,14). The number of aromatic nitrogens is 1. The lowest BCUT2D eigenvalue weighted by atomic mass is 9.88. The van der Waals surface area contributed by atoms with Gasteiger partial charge in [0.2, 0.25) is 0 Å². The van der Waals surface area contributed by atoms with Crippen molar-refractivity contribution in [2.45, 2.75) is 32.3 Å². The topological polar surface area (TPSA) is 76.2 Å². The normalized spacial score (nSPS) is 11.5. The number of ketones is 1. The highest BCUT2D eigenvalue weighted by molar-refractivity contribution is 6.31. The van der Waals surface area contributed by atoms with Crippen LogP contribution in [0.2, 0.25) is 5.02 Å². The summed E-state index contributed by atoms with van der Waals surface area (Å²) in [6.07, 6.45) is 2.02. The van der Waals surface area contributed by atoms with E-state index >= 15 is 0 Å². The van der Waals surface area contributed by atoms with Crippen LogP contribution in [0.3, 0.4) is 0 Å². The molecule has 5 heteroatoms. The minimum atomic E-state index is -1.39. The van der Waals surface area contributed by atoms with Crippen molar-refractivity contribution in [3.05, 3.63) is 22.8 Å². The molecule has 0 bridgehead atoms. The Bertz CT molecular complexity index is 403. The van der Waals surface area contributed by atoms with Crippen molar-refractivity contribution in [1.29, 1.82) is 0 Å². The Balaban J connectivity index is 3.18. The summed E-state index contributed by atoms with van der Waals surface area (Å²) in [7, 11) is 0. The quantitative estimate of drug-likeness (QED) is 0.793. The summed E-state index contributed by atoms with van der Waals surface area (Å²) < 4.78 is 0. The van der Waals surface area contributed by atoms with Gasteiger partial charge in [0, 0.05) is 6.20 Å². The van der Waals surface area contributed by atoms with E-state index in [-0.39, 0.29) is 11.4 Å². The molecular weight excluding hydrogens is 228 g/mol. The summed E-state index contributed by atoms with van der Waals surface area (Å²) in [4.78, 5) is 15.9. The van der Waals surface area contributed by atoms with E-state index in [1.807, 2.05) is 0 Å². The van der Waals surface area contributed by atoms with Gasteiger partial charge in [0.25, 0.3) is 0 Å². The zero-order chi connectivity index (χ0) is 12.3. The maximum atomic E-state index is 12.1. The highest BCUT2D eigenvalue weighted by Crippen LogP contribution is 2.25. The summed E-state index contributed by atoms with van der Waals surface area (Å²) in [5.41, 5.74) is 4.39. The first-order chi connectivity index (χ1) is 7.44. The van der Waals surface area contributed by atoms with Crippen molar-refractivity contribution in [3.8, 4) is 0 Å². The lowest BCUT2D eigenvalue weighted by Gasteiger charge is -2.23. The summed E-state index contributed by atoms with van der Waals surface area (Å²) in [5.74, 6) is -0.334. The highest BCUT2D eigenvalue weighted by atomic mass is 35.5. The average molecular weight is 243 g/mol. The van der Waals surface area contributed by atoms with Gasteiger partial charge in [-0.3, -0.25) is 4.79 Å². The number of pyridine rings is 1. The number of Topliss-reactive ketones (excluding diaryl/α,β-unsaturated/α-hetero) is 1. The molecule has 3 N–H and O–H groups in total. The minimum absolute atomic E-state index is 0.0923. The lowest BCUT2D eigenvalue weighted by molar-refractivity contribution is 0.0278. The largest absolute Gasteiger partial charge is 0.383 e. The first-order valence-electron chi connectivity index (χ1n) is 5.12. The van der Waals surface area contributed by atoms with Crippen LogP contribution in [0.1, 0.15) is 37.0 Å². The monoisotopic (exact) mass is 242 g/mol. The molecule has 0 aliphatic rings. The van der Waals surface area contributed by atoms with Gasteiger partial charge in [-0.1, -0.05) is 25.4 Å². The van der Waals surface area contributed by atoms with Crippen molar-refractivity contribution < 1.29 is 9.90 Å². The first kappa shape index (κ1) is 12.9. The number of nitrogens with zero attached hydrogens (tertiary/aromatic N) is 1. The highest BCUT2D eigenvalue weighted by Gasteiger charge is 2.34.